The maximum atomic E-state index is 11.8. The Bertz CT molecular complexity index is 531. The van der Waals surface area contributed by atoms with Crippen molar-refractivity contribution in [2.24, 2.45) is 0 Å². The van der Waals surface area contributed by atoms with Gasteiger partial charge in [-0.25, -0.2) is 4.79 Å². The molecule has 7 nitrogen and oxygen atoms in total. The molecule has 1 amide bonds. The molecule has 4 atom stereocenters. The first-order valence-corrected chi connectivity index (χ1v) is 8.46. The van der Waals surface area contributed by atoms with Crippen LogP contribution in [0.1, 0.15) is 41.0 Å². The maximum Gasteiger partial charge on any atom is 0.408 e. The number of carbonyl (C=O) groups is 1. The van der Waals surface area contributed by atoms with E-state index >= 15 is 0 Å². The van der Waals surface area contributed by atoms with Crippen LogP contribution in [0.2, 0.25) is 0 Å². The number of cyclic esters (lactones) is 1. The highest BCUT2D eigenvalue weighted by Crippen LogP contribution is 2.41. The minimum atomic E-state index is -0.786. The molecule has 0 saturated carbocycles. The molecule has 0 unspecified atom stereocenters. The lowest BCUT2D eigenvalue weighted by Gasteiger charge is -2.33. The van der Waals surface area contributed by atoms with Crippen LogP contribution in [0.5, 0.6) is 0 Å². The zero-order chi connectivity index (χ0) is 17.6. The highest BCUT2D eigenvalue weighted by Gasteiger charge is 2.59. The van der Waals surface area contributed by atoms with Crippen molar-refractivity contribution in [3.8, 4) is 0 Å². The highest BCUT2D eigenvalue weighted by molar-refractivity contribution is 5.71. The van der Waals surface area contributed by atoms with Gasteiger partial charge in [0.1, 0.15) is 30.5 Å². The fraction of sp³-hybridized carbons (Fsp3) is 0.824. The molecule has 1 N–H and O–H groups in total. The minimum Gasteiger partial charge on any atom is -0.447 e. The number of carbonyl (C=O) groups excluding carboxylic acids is 1. The Kier molecular flexibility index (Phi) is 4.40. The Morgan fingerprint density at radius 1 is 1.17 bits per heavy atom. The number of ether oxygens (including phenoxy) is 5. The predicted octanol–water partition coefficient (Wildman–Crippen LogP) is 2.10. The molecular formula is C17H27NO6. The van der Waals surface area contributed by atoms with Gasteiger partial charge in [0.15, 0.2) is 11.6 Å². The molecule has 3 aliphatic rings. The van der Waals surface area contributed by atoms with E-state index in [0.717, 1.165) is 6.42 Å². The van der Waals surface area contributed by atoms with Crippen molar-refractivity contribution in [3.63, 3.8) is 0 Å². The van der Waals surface area contributed by atoms with E-state index in [4.69, 9.17) is 23.7 Å². The molecule has 7 heteroatoms. The zero-order valence-electron chi connectivity index (χ0n) is 15.0. The average Bonchev–Trinajstić information content (AvgIpc) is 3.13. The molecule has 136 valence electrons. The molecule has 3 heterocycles. The molecule has 3 rings (SSSR count). The number of alkyl carbamates (subject to hydrolysis) is 1. The number of hydrogen-bond acceptors (Lipinski definition) is 6. The number of hydrogen-bond donors (Lipinski definition) is 1. The lowest BCUT2D eigenvalue weighted by Crippen LogP contribution is -2.58. The molecule has 0 bridgehead atoms. The van der Waals surface area contributed by atoms with E-state index in [9.17, 15) is 4.79 Å². The monoisotopic (exact) mass is 341 g/mol. The first-order chi connectivity index (χ1) is 11.2. The van der Waals surface area contributed by atoms with Crippen molar-refractivity contribution < 1.29 is 28.5 Å². The molecule has 0 aliphatic carbocycles. The second-order valence-corrected chi connectivity index (χ2v) is 7.44. The van der Waals surface area contributed by atoms with Gasteiger partial charge in [0.25, 0.3) is 0 Å². The van der Waals surface area contributed by atoms with Gasteiger partial charge < -0.3 is 29.0 Å². The normalized spacial score (nSPS) is 40.9. The van der Waals surface area contributed by atoms with E-state index in [1.807, 2.05) is 46.8 Å². The van der Waals surface area contributed by atoms with E-state index in [0.29, 0.717) is 6.61 Å². The van der Waals surface area contributed by atoms with E-state index < -0.39 is 29.3 Å². The number of allylic oxidation sites excluding steroid dienone is 1. The lowest BCUT2D eigenvalue weighted by atomic mass is 9.87. The van der Waals surface area contributed by atoms with Gasteiger partial charge in [-0.2, -0.15) is 0 Å². The summed E-state index contributed by atoms with van der Waals surface area (Å²) in [7, 11) is 0. The van der Waals surface area contributed by atoms with Gasteiger partial charge in [0.05, 0.1) is 6.61 Å². The molecular weight excluding hydrogens is 314 g/mol. The van der Waals surface area contributed by atoms with Crippen molar-refractivity contribution in [3.05, 3.63) is 12.2 Å². The Morgan fingerprint density at radius 3 is 2.46 bits per heavy atom. The summed E-state index contributed by atoms with van der Waals surface area (Å²) in [6, 6.07) is 0. The van der Waals surface area contributed by atoms with Crippen molar-refractivity contribution in [2.45, 2.75) is 76.5 Å². The van der Waals surface area contributed by atoms with Gasteiger partial charge in [-0.1, -0.05) is 19.1 Å². The van der Waals surface area contributed by atoms with E-state index in [1.165, 1.54) is 0 Å². The van der Waals surface area contributed by atoms with Gasteiger partial charge in [0, 0.05) is 0 Å². The van der Waals surface area contributed by atoms with Crippen LogP contribution >= 0.6 is 0 Å². The maximum absolute atomic E-state index is 11.8. The molecule has 3 fully saturated rings. The standard InChI is InChI=1S/C17H27NO6/c1-6-7-8-17(10-20-14(19)18-17)13-12(23-16(4,5)24-13)11-9-21-15(2,3)22-11/h7-8,11-13H,6,9-10H2,1-5H3,(H,18,19)/b8-7+/t11-,12-,13+,17+/m1/s1. The summed E-state index contributed by atoms with van der Waals surface area (Å²) in [6.07, 6.45) is 3.23. The third kappa shape index (κ3) is 3.31. The molecule has 0 aromatic carbocycles. The van der Waals surface area contributed by atoms with Crippen LogP contribution in [0.3, 0.4) is 0 Å². The van der Waals surface area contributed by atoms with E-state index in [-0.39, 0.29) is 18.8 Å². The Hall–Kier alpha value is -1.15. The summed E-state index contributed by atoms with van der Waals surface area (Å²) in [6.45, 7) is 10.1. The van der Waals surface area contributed by atoms with Gasteiger partial charge in [0.2, 0.25) is 0 Å². The van der Waals surface area contributed by atoms with Gasteiger partial charge in [-0.15, -0.1) is 0 Å². The number of amides is 1. The van der Waals surface area contributed by atoms with Gasteiger partial charge in [-0.05, 0) is 34.1 Å². The lowest BCUT2D eigenvalue weighted by molar-refractivity contribution is -0.175. The van der Waals surface area contributed by atoms with Crippen molar-refractivity contribution >= 4 is 6.09 Å². The van der Waals surface area contributed by atoms with Gasteiger partial charge in [-0.3, -0.25) is 0 Å². The van der Waals surface area contributed by atoms with Crippen LogP contribution in [0.15, 0.2) is 12.2 Å². The summed E-state index contributed by atoms with van der Waals surface area (Å²) >= 11 is 0. The minimum absolute atomic E-state index is 0.194. The van der Waals surface area contributed by atoms with Crippen LogP contribution in [0.4, 0.5) is 4.79 Å². The smallest absolute Gasteiger partial charge is 0.408 e. The fourth-order valence-electron chi connectivity index (χ4n) is 3.45. The van der Waals surface area contributed by atoms with Crippen LogP contribution in [0.25, 0.3) is 0 Å². The summed E-state index contributed by atoms with van der Waals surface area (Å²) in [5, 5.41) is 2.91. The molecule has 0 aromatic heterocycles. The highest BCUT2D eigenvalue weighted by atomic mass is 16.8. The quantitative estimate of drug-likeness (QED) is 0.789. The second kappa shape index (κ2) is 5.98. The van der Waals surface area contributed by atoms with Crippen molar-refractivity contribution in [1.29, 1.82) is 0 Å². The van der Waals surface area contributed by atoms with Crippen molar-refractivity contribution in [1.82, 2.24) is 5.32 Å². The van der Waals surface area contributed by atoms with E-state index in [2.05, 4.69) is 5.32 Å². The Balaban J connectivity index is 1.90. The molecule has 0 radical (unpaired) electrons. The topological polar surface area (TPSA) is 75.2 Å². The van der Waals surface area contributed by atoms with Gasteiger partial charge >= 0.3 is 6.09 Å². The van der Waals surface area contributed by atoms with Crippen molar-refractivity contribution in [2.75, 3.05) is 13.2 Å². The largest absolute Gasteiger partial charge is 0.447 e. The number of rotatable bonds is 4. The summed E-state index contributed by atoms with van der Waals surface area (Å²) in [5.41, 5.74) is -0.776. The SMILES string of the molecule is CC/C=C/[C@@]1([C@H]2OC(C)(C)O[C@@H]2[C@H]2COC(C)(C)O2)COC(=O)N1. The zero-order valence-corrected chi connectivity index (χ0v) is 15.0. The first kappa shape index (κ1) is 17.7. The van der Waals surface area contributed by atoms with Crippen LogP contribution in [-0.4, -0.2) is 54.7 Å². The van der Waals surface area contributed by atoms with E-state index in [1.54, 1.807) is 0 Å². The molecule has 0 aromatic rings. The van der Waals surface area contributed by atoms with Crippen LogP contribution in [0, 0.1) is 0 Å². The second-order valence-electron chi connectivity index (χ2n) is 7.44. The Labute approximate surface area is 142 Å². The molecule has 24 heavy (non-hydrogen) atoms. The summed E-state index contributed by atoms with van der Waals surface area (Å²) in [4.78, 5) is 11.8. The molecule has 3 saturated heterocycles. The van der Waals surface area contributed by atoms with Crippen LogP contribution < -0.4 is 5.32 Å². The Morgan fingerprint density at radius 2 is 1.92 bits per heavy atom. The third-order valence-corrected chi connectivity index (χ3v) is 4.46. The third-order valence-electron chi connectivity index (χ3n) is 4.46. The first-order valence-electron chi connectivity index (χ1n) is 8.46. The molecule has 3 aliphatic heterocycles. The number of nitrogens with one attached hydrogen (secondary N) is 1. The summed E-state index contributed by atoms with van der Waals surface area (Å²) < 4.78 is 29.2. The molecule has 0 spiro atoms. The van der Waals surface area contributed by atoms with Crippen LogP contribution in [-0.2, 0) is 23.7 Å². The predicted molar refractivity (Wildman–Crippen MR) is 85.4 cm³/mol. The summed E-state index contributed by atoms with van der Waals surface area (Å²) in [5.74, 6) is -1.45. The fourth-order valence-corrected chi connectivity index (χ4v) is 3.45. The average molecular weight is 341 g/mol.